The van der Waals surface area contributed by atoms with Crippen LogP contribution in [0.1, 0.15) is 12.5 Å². The molecule has 0 aliphatic rings. The van der Waals surface area contributed by atoms with Gasteiger partial charge in [0, 0.05) is 12.6 Å². The summed E-state index contributed by atoms with van der Waals surface area (Å²) >= 11 is 0. The third-order valence-electron chi connectivity index (χ3n) is 2.92. The third kappa shape index (κ3) is 3.92. The van der Waals surface area contributed by atoms with E-state index < -0.39 is 10.0 Å². The predicted molar refractivity (Wildman–Crippen MR) is 84.1 cm³/mol. The van der Waals surface area contributed by atoms with Gasteiger partial charge in [0.25, 0.3) is 0 Å². The molecule has 1 aromatic rings. The van der Waals surface area contributed by atoms with Gasteiger partial charge in [0.1, 0.15) is 0 Å². The minimum atomic E-state index is -3.53. The highest BCUT2D eigenvalue weighted by Crippen LogP contribution is 2.19. The normalized spacial score (nSPS) is 13.6. The molecule has 0 aromatic heterocycles. The van der Waals surface area contributed by atoms with Crippen molar-refractivity contribution in [2.75, 3.05) is 6.54 Å². The number of aryl methyl sites for hydroxylation is 1. The van der Waals surface area contributed by atoms with Crippen molar-refractivity contribution in [1.82, 2.24) is 4.31 Å². The molecule has 0 aliphatic carbocycles. The van der Waals surface area contributed by atoms with Gasteiger partial charge in [-0.3, -0.25) is 0 Å². The Hall–Kier alpha value is -1.65. The van der Waals surface area contributed by atoms with E-state index in [9.17, 15) is 8.42 Å². The average molecular weight is 291 g/mol. The van der Waals surface area contributed by atoms with Gasteiger partial charge in [-0.15, -0.1) is 6.58 Å². The summed E-state index contributed by atoms with van der Waals surface area (Å²) in [7, 11) is -3.53. The van der Waals surface area contributed by atoms with Gasteiger partial charge in [-0.1, -0.05) is 48.6 Å². The molecule has 1 rings (SSSR count). The van der Waals surface area contributed by atoms with Gasteiger partial charge in [0.15, 0.2) is 0 Å². The maximum absolute atomic E-state index is 12.7. The lowest BCUT2D eigenvalue weighted by atomic mass is 10.2. The molecule has 0 spiro atoms. The van der Waals surface area contributed by atoms with Crippen LogP contribution in [0.2, 0.25) is 0 Å². The predicted octanol–water partition coefficient (Wildman–Crippen LogP) is 3.30. The van der Waals surface area contributed by atoms with Gasteiger partial charge in [-0.25, -0.2) is 8.42 Å². The van der Waals surface area contributed by atoms with Crippen molar-refractivity contribution in [3.63, 3.8) is 0 Å². The van der Waals surface area contributed by atoms with Crippen molar-refractivity contribution in [1.29, 1.82) is 0 Å². The van der Waals surface area contributed by atoms with Gasteiger partial charge >= 0.3 is 0 Å². The summed E-state index contributed by atoms with van der Waals surface area (Å²) < 4.78 is 26.7. The van der Waals surface area contributed by atoms with E-state index in [1.54, 1.807) is 48.6 Å². The molecule has 0 aliphatic heterocycles. The van der Waals surface area contributed by atoms with Crippen LogP contribution in [0.4, 0.5) is 0 Å². The van der Waals surface area contributed by atoms with Crippen molar-refractivity contribution < 1.29 is 8.42 Å². The molecule has 0 bridgehead atoms. The number of benzene rings is 1. The molecule has 1 unspecified atom stereocenters. The molecule has 0 saturated heterocycles. The Morgan fingerprint density at radius 1 is 1.25 bits per heavy atom. The van der Waals surface area contributed by atoms with E-state index in [0.717, 1.165) is 5.56 Å². The smallest absolute Gasteiger partial charge is 0.207 e. The van der Waals surface area contributed by atoms with Crippen molar-refractivity contribution in [3.05, 3.63) is 67.3 Å². The highest BCUT2D eigenvalue weighted by atomic mass is 32.2. The first kappa shape index (κ1) is 16.4. The van der Waals surface area contributed by atoms with Gasteiger partial charge in [0.2, 0.25) is 10.0 Å². The first-order valence-electron chi connectivity index (χ1n) is 6.42. The van der Waals surface area contributed by atoms with Crippen LogP contribution in [0.5, 0.6) is 0 Å². The van der Waals surface area contributed by atoms with Crippen LogP contribution >= 0.6 is 0 Å². The Balaban J connectivity index is 3.17. The highest BCUT2D eigenvalue weighted by molar-refractivity contribution is 7.89. The Bertz CT molecular complexity index is 585. The second-order valence-electron chi connectivity index (χ2n) is 4.54. The fourth-order valence-electron chi connectivity index (χ4n) is 1.79. The Morgan fingerprint density at radius 3 is 2.35 bits per heavy atom. The minimum absolute atomic E-state index is 0.263. The maximum Gasteiger partial charge on any atom is 0.243 e. The molecule has 0 N–H and O–H groups in total. The number of hydrogen-bond donors (Lipinski definition) is 0. The zero-order valence-corrected chi connectivity index (χ0v) is 12.8. The zero-order chi connectivity index (χ0) is 15.2. The molecule has 108 valence electrons. The van der Waals surface area contributed by atoms with Gasteiger partial charge in [-0.05, 0) is 26.0 Å². The summed E-state index contributed by atoms with van der Waals surface area (Å²) in [5.41, 5.74) is 1.03. The molecular weight excluding hydrogens is 270 g/mol. The first-order chi connectivity index (χ1) is 9.43. The van der Waals surface area contributed by atoms with E-state index >= 15 is 0 Å². The van der Waals surface area contributed by atoms with Crippen LogP contribution in [0.3, 0.4) is 0 Å². The van der Waals surface area contributed by atoms with Crippen molar-refractivity contribution in [2.24, 2.45) is 0 Å². The van der Waals surface area contributed by atoms with Crippen LogP contribution in [0, 0.1) is 6.92 Å². The summed E-state index contributed by atoms with van der Waals surface area (Å²) in [6, 6.07) is 6.58. The largest absolute Gasteiger partial charge is 0.243 e. The molecule has 3 nitrogen and oxygen atoms in total. The van der Waals surface area contributed by atoms with Crippen LogP contribution in [-0.2, 0) is 10.0 Å². The number of sulfonamides is 1. The maximum atomic E-state index is 12.7. The van der Waals surface area contributed by atoms with Crippen molar-refractivity contribution in [3.8, 4) is 0 Å². The summed E-state index contributed by atoms with van der Waals surface area (Å²) in [6.45, 7) is 11.2. The van der Waals surface area contributed by atoms with E-state index in [4.69, 9.17) is 0 Å². The van der Waals surface area contributed by atoms with Crippen molar-refractivity contribution >= 4 is 10.0 Å². The Labute approximate surface area is 122 Å². The Morgan fingerprint density at radius 2 is 1.85 bits per heavy atom. The van der Waals surface area contributed by atoms with Crippen LogP contribution in [-0.4, -0.2) is 25.3 Å². The fraction of sp³-hybridized carbons (Fsp3) is 0.250. The number of allylic oxidation sites excluding steroid dienone is 2. The summed E-state index contributed by atoms with van der Waals surface area (Å²) in [6.07, 6.45) is 6.75. The van der Waals surface area contributed by atoms with E-state index in [2.05, 4.69) is 13.2 Å². The SMILES string of the molecule is C=C/C=C/C(C)N(CC=C)S(=O)(=O)c1ccc(C)cc1. The zero-order valence-electron chi connectivity index (χ0n) is 12.0. The topological polar surface area (TPSA) is 37.4 Å². The lowest BCUT2D eigenvalue weighted by Crippen LogP contribution is -2.37. The third-order valence-corrected chi connectivity index (χ3v) is 4.88. The van der Waals surface area contributed by atoms with Gasteiger partial charge < -0.3 is 0 Å². The summed E-state index contributed by atoms with van der Waals surface area (Å²) in [4.78, 5) is 0.295. The molecule has 0 amide bonds. The van der Waals surface area contributed by atoms with Crippen LogP contribution in [0.25, 0.3) is 0 Å². The monoisotopic (exact) mass is 291 g/mol. The summed E-state index contributed by atoms with van der Waals surface area (Å²) in [5, 5.41) is 0. The van der Waals surface area contributed by atoms with E-state index in [-0.39, 0.29) is 12.6 Å². The average Bonchev–Trinajstić information content (AvgIpc) is 2.42. The van der Waals surface area contributed by atoms with E-state index in [1.165, 1.54) is 4.31 Å². The van der Waals surface area contributed by atoms with Crippen molar-refractivity contribution in [2.45, 2.75) is 24.8 Å². The lowest BCUT2D eigenvalue weighted by molar-refractivity contribution is 0.408. The van der Waals surface area contributed by atoms with Crippen LogP contribution < -0.4 is 0 Å². The molecule has 1 aromatic carbocycles. The van der Waals surface area contributed by atoms with Gasteiger partial charge in [-0.2, -0.15) is 4.31 Å². The molecule has 1 atom stereocenters. The van der Waals surface area contributed by atoms with E-state index in [1.807, 2.05) is 13.8 Å². The standard InChI is InChI=1S/C16H21NO2S/c1-5-7-8-15(4)17(13-6-2)20(18,19)16-11-9-14(3)10-12-16/h5-12,15H,1-2,13H2,3-4H3/b8-7+. The molecule has 0 fully saturated rings. The molecule has 0 radical (unpaired) electrons. The quantitative estimate of drug-likeness (QED) is 0.571. The van der Waals surface area contributed by atoms with Crippen LogP contribution in [0.15, 0.2) is 66.6 Å². The second kappa shape index (κ2) is 7.22. The van der Waals surface area contributed by atoms with E-state index in [0.29, 0.717) is 4.90 Å². The number of nitrogens with zero attached hydrogens (tertiary/aromatic N) is 1. The first-order valence-corrected chi connectivity index (χ1v) is 7.86. The number of hydrogen-bond acceptors (Lipinski definition) is 2. The molecule has 0 saturated carbocycles. The highest BCUT2D eigenvalue weighted by Gasteiger charge is 2.26. The Kier molecular flexibility index (Phi) is 5.92. The minimum Gasteiger partial charge on any atom is -0.207 e. The summed E-state index contributed by atoms with van der Waals surface area (Å²) in [5.74, 6) is 0. The second-order valence-corrected chi connectivity index (χ2v) is 6.43. The molecular formula is C16H21NO2S. The molecule has 20 heavy (non-hydrogen) atoms. The van der Waals surface area contributed by atoms with Gasteiger partial charge in [0.05, 0.1) is 4.90 Å². The molecule has 4 heteroatoms. The number of rotatable bonds is 7. The lowest BCUT2D eigenvalue weighted by Gasteiger charge is -2.25. The fourth-order valence-corrected chi connectivity index (χ4v) is 3.35. The molecule has 0 heterocycles.